The second kappa shape index (κ2) is 7.52. The van der Waals surface area contributed by atoms with Gasteiger partial charge in [-0.25, -0.2) is 0 Å². The highest BCUT2D eigenvalue weighted by atomic mass is 32.1. The summed E-state index contributed by atoms with van der Waals surface area (Å²) in [5, 5.41) is 7.67. The molecule has 0 amide bonds. The summed E-state index contributed by atoms with van der Waals surface area (Å²) in [5.41, 5.74) is 2.44. The highest BCUT2D eigenvalue weighted by molar-refractivity contribution is 7.05. The smallest absolute Gasteiger partial charge is 0.118 e. The predicted molar refractivity (Wildman–Crippen MR) is 87.1 cm³/mol. The molecule has 0 spiro atoms. The van der Waals surface area contributed by atoms with Gasteiger partial charge < -0.3 is 10.1 Å². The second-order valence-corrected chi connectivity index (χ2v) is 6.19. The fourth-order valence-electron chi connectivity index (χ4n) is 2.36. The van der Waals surface area contributed by atoms with E-state index < -0.39 is 0 Å². The van der Waals surface area contributed by atoms with E-state index in [1.54, 1.807) is 7.11 Å². The number of ether oxygens (including phenoxy) is 1. The van der Waals surface area contributed by atoms with Crippen LogP contribution in [0.2, 0.25) is 0 Å². The quantitative estimate of drug-likeness (QED) is 0.849. The van der Waals surface area contributed by atoms with Crippen LogP contribution >= 0.6 is 11.5 Å². The Bertz CT molecular complexity index is 551. The largest absolute Gasteiger partial charge is 0.497 e. The molecule has 0 aliphatic heterocycles. The summed E-state index contributed by atoms with van der Waals surface area (Å²) in [4.78, 5) is 1.26. The molecular formula is C16H23N3OS. The van der Waals surface area contributed by atoms with Gasteiger partial charge in [0.25, 0.3) is 0 Å². The van der Waals surface area contributed by atoms with Crippen molar-refractivity contribution in [3.8, 4) is 5.75 Å². The first-order valence-corrected chi connectivity index (χ1v) is 8.05. The summed E-state index contributed by atoms with van der Waals surface area (Å²) in [6.07, 6.45) is 2.05. The lowest BCUT2D eigenvalue weighted by Gasteiger charge is -2.16. The van der Waals surface area contributed by atoms with Gasteiger partial charge >= 0.3 is 0 Å². The molecule has 1 heterocycles. The van der Waals surface area contributed by atoms with Crippen molar-refractivity contribution in [3.63, 3.8) is 0 Å². The van der Waals surface area contributed by atoms with E-state index in [-0.39, 0.29) is 0 Å². The van der Waals surface area contributed by atoms with Crippen molar-refractivity contribution < 1.29 is 4.74 Å². The molecule has 1 aromatic carbocycles. The van der Waals surface area contributed by atoms with Crippen molar-refractivity contribution in [2.24, 2.45) is 0 Å². The Kier molecular flexibility index (Phi) is 5.70. The first-order valence-electron chi connectivity index (χ1n) is 7.28. The van der Waals surface area contributed by atoms with Crippen LogP contribution in [0.3, 0.4) is 0 Å². The Morgan fingerprint density at radius 2 is 1.95 bits per heavy atom. The molecular weight excluding hydrogens is 282 g/mol. The molecule has 5 heteroatoms. The third-order valence-corrected chi connectivity index (χ3v) is 4.49. The molecule has 4 nitrogen and oxygen atoms in total. The van der Waals surface area contributed by atoms with Crippen LogP contribution in [0.15, 0.2) is 24.3 Å². The maximum Gasteiger partial charge on any atom is 0.118 e. The van der Waals surface area contributed by atoms with Crippen molar-refractivity contribution >= 4 is 11.5 Å². The van der Waals surface area contributed by atoms with Gasteiger partial charge in [-0.15, -0.1) is 5.10 Å². The van der Waals surface area contributed by atoms with Crippen LogP contribution in [-0.4, -0.2) is 23.7 Å². The molecule has 21 heavy (non-hydrogen) atoms. The van der Waals surface area contributed by atoms with Gasteiger partial charge in [-0.05, 0) is 55.0 Å². The first-order chi connectivity index (χ1) is 10.2. The number of nitrogens with one attached hydrogen (secondary N) is 1. The number of nitrogens with zero attached hydrogens (tertiary/aromatic N) is 2. The number of hydrogen-bond acceptors (Lipinski definition) is 5. The highest BCUT2D eigenvalue weighted by Gasteiger charge is 2.19. The molecule has 0 bridgehead atoms. The second-order valence-electron chi connectivity index (χ2n) is 5.41. The monoisotopic (exact) mass is 305 g/mol. The fraction of sp³-hybridized carbons (Fsp3) is 0.500. The Morgan fingerprint density at radius 3 is 2.52 bits per heavy atom. The number of rotatable bonds is 7. The van der Waals surface area contributed by atoms with Crippen molar-refractivity contribution in [3.05, 3.63) is 40.4 Å². The maximum atomic E-state index is 5.19. The molecule has 2 rings (SSSR count). The fourth-order valence-corrected chi connectivity index (χ4v) is 3.31. The van der Waals surface area contributed by atoms with E-state index in [4.69, 9.17) is 4.74 Å². The lowest BCUT2D eigenvalue weighted by molar-refractivity contribution is 0.414. The summed E-state index contributed by atoms with van der Waals surface area (Å²) in [6.45, 7) is 4.33. The molecule has 1 aromatic heterocycles. The third kappa shape index (κ3) is 4.02. The molecule has 1 atom stereocenters. The molecule has 0 saturated carbocycles. The average Bonchev–Trinajstić information content (AvgIpc) is 2.98. The van der Waals surface area contributed by atoms with Gasteiger partial charge in [-0.3, -0.25) is 0 Å². The molecule has 2 aromatic rings. The van der Waals surface area contributed by atoms with E-state index in [0.717, 1.165) is 24.3 Å². The number of hydrogen-bond donors (Lipinski definition) is 1. The van der Waals surface area contributed by atoms with E-state index in [1.807, 2.05) is 19.2 Å². The Balaban J connectivity index is 2.03. The maximum absolute atomic E-state index is 5.19. The van der Waals surface area contributed by atoms with Gasteiger partial charge in [0.05, 0.1) is 17.7 Å². The van der Waals surface area contributed by atoms with E-state index in [0.29, 0.717) is 12.0 Å². The summed E-state index contributed by atoms with van der Waals surface area (Å²) in [5.74, 6) is 1.31. The van der Waals surface area contributed by atoms with Crippen LogP contribution in [0.1, 0.15) is 48.4 Å². The summed E-state index contributed by atoms with van der Waals surface area (Å²) < 4.78 is 9.31. The van der Waals surface area contributed by atoms with Gasteiger partial charge in [-0.2, -0.15) is 0 Å². The van der Waals surface area contributed by atoms with Gasteiger partial charge in [0, 0.05) is 6.04 Å². The van der Waals surface area contributed by atoms with Crippen LogP contribution in [0.4, 0.5) is 0 Å². The van der Waals surface area contributed by atoms with E-state index >= 15 is 0 Å². The van der Waals surface area contributed by atoms with Gasteiger partial charge in [0.2, 0.25) is 0 Å². The molecule has 0 radical (unpaired) electrons. The third-order valence-electron chi connectivity index (χ3n) is 3.63. The minimum atomic E-state index is 0.310. The standard InChI is InChI=1S/C16H23N3OS/c1-11(2)15-16(21-19-18-15)14(17-3)10-7-12-5-8-13(20-4)9-6-12/h5-6,8-9,11,14,17H,7,10H2,1-4H3. The molecule has 0 fully saturated rings. The van der Waals surface area contributed by atoms with Gasteiger partial charge in [0.15, 0.2) is 0 Å². The van der Waals surface area contributed by atoms with Crippen molar-refractivity contribution in [1.29, 1.82) is 0 Å². The van der Waals surface area contributed by atoms with Crippen molar-refractivity contribution in [2.45, 2.75) is 38.6 Å². The normalized spacial score (nSPS) is 12.6. The molecule has 0 aliphatic rings. The number of methoxy groups -OCH3 is 1. The zero-order valence-electron chi connectivity index (χ0n) is 13.1. The molecule has 0 saturated heterocycles. The van der Waals surface area contributed by atoms with Gasteiger partial charge in [0.1, 0.15) is 5.75 Å². The predicted octanol–water partition coefficient (Wildman–Crippen LogP) is 3.56. The first kappa shape index (κ1) is 15.9. The Hall–Kier alpha value is -1.46. The Morgan fingerprint density at radius 1 is 1.24 bits per heavy atom. The average molecular weight is 305 g/mol. The van der Waals surface area contributed by atoms with Crippen LogP contribution in [0.5, 0.6) is 5.75 Å². The minimum Gasteiger partial charge on any atom is -0.497 e. The van der Waals surface area contributed by atoms with E-state index in [1.165, 1.54) is 22.0 Å². The zero-order chi connectivity index (χ0) is 15.2. The highest BCUT2D eigenvalue weighted by Crippen LogP contribution is 2.29. The van der Waals surface area contributed by atoms with Gasteiger partial charge in [-0.1, -0.05) is 30.5 Å². The Labute approximate surface area is 130 Å². The summed E-state index contributed by atoms with van der Waals surface area (Å²) >= 11 is 1.51. The number of benzene rings is 1. The van der Waals surface area contributed by atoms with E-state index in [9.17, 15) is 0 Å². The lowest BCUT2D eigenvalue weighted by atomic mass is 10.0. The topological polar surface area (TPSA) is 47.0 Å². The summed E-state index contributed by atoms with van der Waals surface area (Å²) in [6, 6.07) is 8.58. The summed E-state index contributed by atoms with van der Waals surface area (Å²) in [7, 11) is 3.69. The van der Waals surface area contributed by atoms with Crippen molar-refractivity contribution in [2.75, 3.05) is 14.2 Å². The molecule has 1 unspecified atom stereocenters. The molecule has 0 aliphatic carbocycles. The number of aryl methyl sites for hydroxylation is 1. The van der Waals surface area contributed by atoms with Crippen LogP contribution < -0.4 is 10.1 Å². The lowest BCUT2D eigenvalue weighted by Crippen LogP contribution is -2.17. The minimum absolute atomic E-state index is 0.310. The SMILES string of the molecule is CNC(CCc1ccc(OC)cc1)c1snnc1C(C)C. The van der Waals surface area contributed by atoms with Crippen LogP contribution in [0.25, 0.3) is 0 Å². The zero-order valence-corrected chi connectivity index (χ0v) is 13.9. The number of aromatic nitrogens is 2. The van der Waals surface area contributed by atoms with E-state index in [2.05, 4.69) is 40.9 Å². The van der Waals surface area contributed by atoms with Crippen molar-refractivity contribution in [1.82, 2.24) is 14.9 Å². The molecule has 1 N–H and O–H groups in total. The molecule has 114 valence electrons. The van der Waals surface area contributed by atoms with Crippen LogP contribution in [0, 0.1) is 0 Å². The van der Waals surface area contributed by atoms with Crippen LogP contribution in [-0.2, 0) is 6.42 Å².